The number of nitrogens with zero attached hydrogens (tertiary/aromatic N) is 1. The van der Waals surface area contributed by atoms with Gasteiger partial charge in [0.2, 0.25) is 0 Å². The van der Waals surface area contributed by atoms with Crippen LogP contribution < -0.4 is 4.74 Å². The number of aromatic carboxylic acids is 1. The lowest BCUT2D eigenvalue weighted by Gasteiger charge is -2.05. The van der Waals surface area contributed by atoms with E-state index in [-0.39, 0.29) is 17.9 Å². The molecule has 72 valence electrons. The molecular weight excluding hydrogens is 189 g/mol. The van der Waals surface area contributed by atoms with Crippen molar-refractivity contribution in [1.29, 1.82) is 5.26 Å². The molecule has 0 aliphatic heterocycles. The van der Waals surface area contributed by atoms with Gasteiger partial charge in [-0.1, -0.05) is 0 Å². The Kier molecular flexibility index (Phi) is 3.02. The smallest absolute Gasteiger partial charge is 0.339 e. The Morgan fingerprint density at radius 1 is 1.64 bits per heavy atom. The van der Waals surface area contributed by atoms with E-state index in [4.69, 9.17) is 15.1 Å². The summed E-state index contributed by atoms with van der Waals surface area (Å²) >= 11 is 0. The predicted molar refractivity (Wildman–Crippen MR) is 44.5 cm³/mol. The molecule has 0 aromatic heterocycles. The molecule has 0 spiro atoms. The molecule has 4 nitrogen and oxygen atoms in total. The van der Waals surface area contributed by atoms with Gasteiger partial charge in [0.25, 0.3) is 0 Å². The first-order valence-corrected chi connectivity index (χ1v) is 3.67. The lowest BCUT2D eigenvalue weighted by molar-refractivity contribution is 0.0693. The molecular formula is C9H6FNO3. The minimum Gasteiger partial charge on any atom is -0.478 e. The summed E-state index contributed by atoms with van der Waals surface area (Å²) in [7, 11) is 0. The summed E-state index contributed by atoms with van der Waals surface area (Å²) in [6.07, 6.45) is 0. The second-order valence-electron chi connectivity index (χ2n) is 2.39. The Morgan fingerprint density at radius 2 is 2.36 bits per heavy atom. The zero-order valence-electron chi connectivity index (χ0n) is 7.03. The van der Waals surface area contributed by atoms with Crippen molar-refractivity contribution >= 4 is 5.97 Å². The summed E-state index contributed by atoms with van der Waals surface area (Å²) in [6.45, 7) is -0.316. The topological polar surface area (TPSA) is 70.3 Å². The number of carbonyl (C=O) groups is 1. The van der Waals surface area contributed by atoms with Gasteiger partial charge in [0.15, 0.2) is 6.61 Å². The van der Waals surface area contributed by atoms with Gasteiger partial charge in [0.05, 0.1) is 0 Å². The summed E-state index contributed by atoms with van der Waals surface area (Å²) in [4.78, 5) is 10.6. The maximum atomic E-state index is 12.7. The second kappa shape index (κ2) is 4.23. The van der Waals surface area contributed by atoms with Crippen LogP contribution in [0, 0.1) is 17.1 Å². The Balaban J connectivity index is 3.04. The molecule has 0 amide bonds. The van der Waals surface area contributed by atoms with Gasteiger partial charge < -0.3 is 9.84 Å². The van der Waals surface area contributed by atoms with Crippen molar-refractivity contribution < 1.29 is 19.0 Å². The maximum Gasteiger partial charge on any atom is 0.339 e. The number of hydrogen-bond donors (Lipinski definition) is 1. The van der Waals surface area contributed by atoms with Crippen molar-refractivity contribution in [3.05, 3.63) is 29.6 Å². The quantitative estimate of drug-likeness (QED) is 0.791. The van der Waals surface area contributed by atoms with Crippen LogP contribution >= 0.6 is 0 Å². The number of carboxylic acid groups (broad SMARTS) is 1. The molecule has 0 aliphatic carbocycles. The van der Waals surface area contributed by atoms with Crippen molar-refractivity contribution in [3.8, 4) is 11.8 Å². The van der Waals surface area contributed by atoms with Crippen LogP contribution in [-0.4, -0.2) is 17.7 Å². The second-order valence-corrected chi connectivity index (χ2v) is 2.39. The molecule has 0 atom stereocenters. The van der Waals surface area contributed by atoms with Crippen LogP contribution in [0.5, 0.6) is 5.75 Å². The number of benzene rings is 1. The van der Waals surface area contributed by atoms with Crippen LogP contribution in [0.25, 0.3) is 0 Å². The highest BCUT2D eigenvalue weighted by Gasteiger charge is 2.11. The number of nitriles is 1. The van der Waals surface area contributed by atoms with E-state index in [0.717, 1.165) is 18.2 Å². The molecule has 14 heavy (non-hydrogen) atoms. The normalized spacial score (nSPS) is 9.14. The van der Waals surface area contributed by atoms with Gasteiger partial charge in [-0.15, -0.1) is 0 Å². The molecule has 0 unspecified atom stereocenters. The number of hydrogen-bond acceptors (Lipinski definition) is 3. The van der Waals surface area contributed by atoms with Gasteiger partial charge in [-0.05, 0) is 12.1 Å². The van der Waals surface area contributed by atoms with E-state index in [2.05, 4.69) is 0 Å². The van der Waals surface area contributed by atoms with E-state index in [1.165, 1.54) is 0 Å². The largest absolute Gasteiger partial charge is 0.478 e. The molecule has 0 heterocycles. The first-order valence-electron chi connectivity index (χ1n) is 3.67. The highest BCUT2D eigenvalue weighted by atomic mass is 19.1. The van der Waals surface area contributed by atoms with Crippen LogP contribution in [-0.2, 0) is 0 Å². The van der Waals surface area contributed by atoms with Gasteiger partial charge >= 0.3 is 5.97 Å². The molecule has 0 radical (unpaired) electrons. The van der Waals surface area contributed by atoms with E-state index in [1.807, 2.05) is 0 Å². The average Bonchev–Trinajstić information content (AvgIpc) is 2.14. The van der Waals surface area contributed by atoms with Gasteiger partial charge in [-0.3, -0.25) is 0 Å². The lowest BCUT2D eigenvalue weighted by atomic mass is 10.2. The summed E-state index contributed by atoms with van der Waals surface area (Å²) in [5.74, 6) is -1.97. The predicted octanol–water partition coefficient (Wildman–Crippen LogP) is 1.43. The molecule has 0 saturated heterocycles. The molecule has 1 rings (SSSR count). The third-order valence-corrected chi connectivity index (χ3v) is 1.47. The number of rotatable bonds is 3. The monoisotopic (exact) mass is 195 g/mol. The van der Waals surface area contributed by atoms with Gasteiger partial charge in [-0.2, -0.15) is 5.26 Å². The van der Waals surface area contributed by atoms with E-state index >= 15 is 0 Å². The van der Waals surface area contributed by atoms with Crippen molar-refractivity contribution in [2.24, 2.45) is 0 Å². The van der Waals surface area contributed by atoms with E-state index in [9.17, 15) is 9.18 Å². The van der Waals surface area contributed by atoms with Crippen molar-refractivity contribution in [2.75, 3.05) is 6.61 Å². The summed E-state index contributed by atoms with van der Waals surface area (Å²) in [5.41, 5.74) is -0.165. The fourth-order valence-electron chi connectivity index (χ4n) is 0.902. The van der Waals surface area contributed by atoms with Crippen LogP contribution in [0.3, 0.4) is 0 Å². The van der Waals surface area contributed by atoms with Gasteiger partial charge in [0, 0.05) is 6.07 Å². The molecule has 0 bridgehead atoms. The van der Waals surface area contributed by atoms with Crippen molar-refractivity contribution in [1.82, 2.24) is 0 Å². The zero-order valence-corrected chi connectivity index (χ0v) is 7.03. The molecule has 1 aromatic rings. The average molecular weight is 195 g/mol. The summed E-state index contributed by atoms with van der Waals surface area (Å²) in [5, 5.41) is 16.9. The van der Waals surface area contributed by atoms with E-state index < -0.39 is 11.8 Å². The summed E-state index contributed by atoms with van der Waals surface area (Å²) < 4.78 is 17.4. The SMILES string of the molecule is N#CCOc1cc(F)ccc1C(=O)O. The number of carboxylic acids is 1. The lowest BCUT2D eigenvalue weighted by Crippen LogP contribution is -2.03. The molecule has 1 N–H and O–H groups in total. The minimum atomic E-state index is -1.22. The Labute approximate surface area is 79.2 Å². The van der Waals surface area contributed by atoms with Gasteiger partial charge in [0.1, 0.15) is 23.2 Å². The third kappa shape index (κ3) is 2.20. The zero-order chi connectivity index (χ0) is 10.6. The molecule has 5 heteroatoms. The number of halogens is 1. The van der Waals surface area contributed by atoms with Crippen LogP contribution in [0.2, 0.25) is 0 Å². The molecule has 0 saturated carbocycles. The third-order valence-electron chi connectivity index (χ3n) is 1.47. The fraction of sp³-hybridized carbons (Fsp3) is 0.111. The molecule has 0 aliphatic rings. The maximum absolute atomic E-state index is 12.7. The molecule has 1 aromatic carbocycles. The standard InChI is InChI=1S/C9H6FNO3/c10-6-1-2-7(9(12)13)8(5-6)14-4-3-11/h1-2,5H,4H2,(H,12,13). The Hall–Kier alpha value is -2.09. The van der Waals surface area contributed by atoms with Crippen LogP contribution in [0.15, 0.2) is 18.2 Å². The number of ether oxygens (including phenoxy) is 1. The van der Waals surface area contributed by atoms with E-state index in [0.29, 0.717) is 0 Å². The van der Waals surface area contributed by atoms with Gasteiger partial charge in [-0.25, -0.2) is 9.18 Å². The highest BCUT2D eigenvalue weighted by Crippen LogP contribution is 2.19. The van der Waals surface area contributed by atoms with Crippen molar-refractivity contribution in [3.63, 3.8) is 0 Å². The minimum absolute atomic E-state index is 0.140. The van der Waals surface area contributed by atoms with Crippen LogP contribution in [0.4, 0.5) is 4.39 Å². The Morgan fingerprint density at radius 3 is 2.93 bits per heavy atom. The fourth-order valence-corrected chi connectivity index (χ4v) is 0.902. The first-order chi connectivity index (χ1) is 6.65. The first kappa shape index (κ1) is 9.99. The van der Waals surface area contributed by atoms with Crippen LogP contribution in [0.1, 0.15) is 10.4 Å². The highest BCUT2D eigenvalue weighted by molar-refractivity contribution is 5.90. The molecule has 0 fully saturated rings. The summed E-state index contributed by atoms with van der Waals surface area (Å²) in [6, 6.07) is 4.70. The Bertz CT molecular complexity index is 398. The van der Waals surface area contributed by atoms with E-state index in [1.54, 1.807) is 6.07 Å². The van der Waals surface area contributed by atoms with Crippen molar-refractivity contribution in [2.45, 2.75) is 0 Å².